The van der Waals surface area contributed by atoms with Crippen LogP contribution in [-0.2, 0) is 4.79 Å². The van der Waals surface area contributed by atoms with Crippen LogP contribution in [-0.4, -0.2) is 30.8 Å². The van der Waals surface area contributed by atoms with Crippen LogP contribution in [0.4, 0.5) is 10.1 Å². The fourth-order valence-electron chi connectivity index (χ4n) is 2.35. The Morgan fingerprint density at radius 2 is 1.48 bits per heavy atom. The average Bonchev–Trinajstić information content (AvgIpc) is 2.66. The van der Waals surface area contributed by atoms with Crippen molar-refractivity contribution >= 4 is 23.4 Å². The number of benzene rings is 2. The van der Waals surface area contributed by atoms with Crippen molar-refractivity contribution in [2.45, 2.75) is 27.7 Å². The highest BCUT2D eigenvalue weighted by molar-refractivity contribution is 5.98. The molecule has 0 unspecified atom stereocenters. The number of halogens is 1. The third kappa shape index (κ3) is 6.41. The molecule has 0 spiro atoms. The van der Waals surface area contributed by atoms with Gasteiger partial charge in [0.25, 0.3) is 11.8 Å². The van der Waals surface area contributed by atoms with Crippen molar-refractivity contribution in [1.29, 1.82) is 0 Å². The van der Waals surface area contributed by atoms with E-state index in [1.54, 1.807) is 58.0 Å². The van der Waals surface area contributed by atoms with Crippen LogP contribution in [0.15, 0.2) is 42.5 Å². The maximum absolute atomic E-state index is 13.5. The first-order valence-corrected chi connectivity index (χ1v) is 9.32. The maximum Gasteiger partial charge on any atom is 0.251 e. The van der Waals surface area contributed by atoms with E-state index in [1.807, 2.05) is 0 Å². The Kier molecular flexibility index (Phi) is 7.09. The summed E-state index contributed by atoms with van der Waals surface area (Å²) >= 11 is 0. The number of nitrogens with one attached hydrogen (secondary N) is 3. The highest BCUT2D eigenvalue weighted by Gasteiger charge is 2.21. The van der Waals surface area contributed by atoms with Gasteiger partial charge in [0.05, 0.1) is 0 Å². The minimum Gasteiger partial charge on any atom is -0.350 e. The number of hydrogen-bond donors (Lipinski definition) is 3. The average molecular weight is 399 g/mol. The van der Waals surface area contributed by atoms with Crippen LogP contribution in [0.1, 0.15) is 47.1 Å². The van der Waals surface area contributed by atoms with Gasteiger partial charge in [-0.3, -0.25) is 14.4 Å². The highest BCUT2D eigenvalue weighted by atomic mass is 19.1. The Morgan fingerprint density at radius 1 is 0.897 bits per heavy atom. The SMILES string of the molecule is Cc1ccc(C(=O)NCCNC(=O)c2cccc(NC(=O)C(C)(C)C)c2)cc1F. The Balaban J connectivity index is 1.85. The Hall–Kier alpha value is -3.22. The Morgan fingerprint density at radius 3 is 2.03 bits per heavy atom. The summed E-state index contributed by atoms with van der Waals surface area (Å²) in [6, 6.07) is 10.9. The lowest BCUT2D eigenvalue weighted by Gasteiger charge is -2.18. The molecule has 2 aromatic rings. The number of anilines is 1. The zero-order chi connectivity index (χ0) is 21.6. The lowest BCUT2D eigenvalue weighted by Crippen LogP contribution is -2.34. The van der Waals surface area contributed by atoms with Gasteiger partial charge in [0, 0.05) is 35.3 Å². The van der Waals surface area contributed by atoms with E-state index in [0.717, 1.165) is 0 Å². The summed E-state index contributed by atoms with van der Waals surface area (Å²) in [4.78, 5) is 36.4. The van der Waals surface area contributed by atoms with Crippen molar-refractivity contribution in [2.24, 2.45) is 5.41 Å². The normalized spacial score (nSPS) is 10.9. The topological polar surface area (TPSA) is 87.3 Å². The predicted octanol–water partition coefficient (Wildman–Crippen LogP) is 3.28. The molecule has 0 aliphatic heterocycles. The fraction of sp³-hybridized carbons (Fsp3) is 0.318. The van der Waals surface area contributed by atoms with Crippen LogP contribution >= 0.6 is 0 Å². The van der Waals surface area contributed by atoms with Gasteiger partial charge in [-0.25, -0.2) is 4.39 Å². The third-order valence-electron chi connectivity index (χ3n) is 4.19. The summed E-state index contributed by atoms with van der Waals surface area (Å²) in [7, 11) is 0. The molecule has 6 nitrogen and oxygen atoms in total. The fourth-order valence-corrected chi connectivity index (χ4v) is 2.35. The molecule has 7 heteroatoms. The zero-order valence-corrected chi connectivity index (χ0v) is 17.1. The lowest BCUT2D eigenvalue weighted by atomic mass is 9.95. The number of hydrogen-bond acceptors (Lipinski definition) is 3. The monoisotopic (exact) mass is 399 g/mol. The van der Waals surface area contributed by atoms with Gasteiger partial charge in [0.15, 0.2) is 0 Å². The molecule has 0 radical (unpaired) electrons. The van der Waals surface area contributed by atoms with Gasteiger partial charge in [-0.1, -0.05) is 32.9 Å². The first kappa shape index (κ1) is 22.1. The van der Waals surface area contributed by atoms with E-state index in [0.29, 0.717) is 16.8 Å². The van der Waals surface area contributed by atoms with E-state index in [2.05, 4.69) is 16.0 Å². The van der Waals surface area contributed by atoms with Gasteiger partial charge in [0.1, 0.15) is 5.82 Å². The van der Waals surface area contributed by atoms with Crippen LogP contribution in [0, 0.1) is 18.2 Å². The molecule has 0 heterocycles. The molecule has 0 bridgehead atoms. The number of carbonyl (C=O) groups is 3. The van der Waals surface area contributed by atoms with E-state index < -0.39 is 17.1 Å². The molecule has 2 rings (SSSR count). The van der Waals surface area contributed by atoms with Crippen LogP contribution < -0.4 is 16.0 Å². The Labute approximate surface area is 169 Å². The molecule has 0 aromatic heterocycles. The number of carbonyl (C=O) groups excluding carboxylic acids is 3. The number of rotatable bonds is 6. The van der Waals surface area contributed by atoms with Crippen molar-refractivity contribution in [3.05, 3.63) is 65.0 Å². The zero-order valence-electron chi connectivity index (χ0n) is 17.1. The number of aryl methyl sites for hydroxylation is 1. The van der Waals surface area contributed by atoms with Crippen LogP contribution in [0.2, 0.25) is 0 Å². The summed E-state index contributed by atoms with van der Waals surface area (Å²) in [5, 5.41) is 8.11. The predicted molar refractivity (Wildman–Crippen MR) is 110 cm³/mol. The molecular formula is C22H26FN3O3. The van der Waals surface area contributed by atoms with E-state index in [-0.39, 0.29) is 30.5 Å². The van der Waals surface area contributed by atoms with Crippen LogP contribution in [0.25, 0.3) is 0 Å². The summed E-state index contributed by atoms with van der Waals surface area (Å²) in [5.74, 6) is -1.33. The summed E-state index contributed by atoms with van der Waals surface area (Å²) in [6.45, 7) is 7.43. The smallest absolute Gasteiger partial charge is 0.251 e. The van der Waals surface area contributed by atoms with Crippen molar-refractivity contribution < 1.29 is 18.8 Å². The molecule has 2 aromatic carbocycles. The number of amides is 3. The molecule has 3 amide bonds. The lowest BCUT2D eigenvalue weighted by molar-refractivity contribution is -0.123. The molecule has 29 heavy (non-hydrogen) atoms. The second-order valence-corrected chi connectivity index (χ2v) is 7.76. The van der Waals surface area contributed by atoms with E-state index in [9.17, 15) is 18.8 Å². The van der Waals surface area contributed by atoms with Crippen molar-refractivity contribution in [3.8, 4) is 0 Å². The van der Waals surface area contributed by atoms with Gasteiger partial charge >= 0.3 is 0 Å². The van der Waals surface area contributed by atoms with E-state index >= 15 is 0 Å². The van der Waals surface area contributed by atoms with E-state index in [1.165, 1.54) is 12.1 Å². The van der Waals surface area contributed by atoms with Gasteiger partial charge in [-0.05, 0) is 42.8 Å². The molecule has 0 fully saturated rings. The third-order valence-corrected chi connectivity index (χ3v) is 4.19. The molecule has 0 saturated heterocycles. The van der Waals surface area contributed by atoms with E-state index in [4.69, 9.17) is 0 Å². The summed E-state index contributed by atoms with van der Waals surface area (Å²) in [6.07, 6.45) is 0. The summed E-state index contributed by atoms with van der Waals surface area (Å²) < 4.78 is 13.5. The maximum atomic E-state index is 13.5. The minimum absolute atomic E-state index is 0.148. The second kappa shape index (κ2) is 9.32. The quantitative estimate of drug-likeness (QED) is 0.652. The molecule has 0 aliphatic carbocycles. The van der Waals surface area contributed by atoms with Gasteiger partial charge in [0.2, 0.25) is 5.91 Å². The standard InChI is InChI=1S/C22H26FN3O3/c1-14-8-9-16(13-18(14)23)20(28)25-11-10-24-19(27)15-6-5-7-17(12-15)26-21(29)22(2,3)4/h5-9,12-13H,10-11H2,1-4H3,(H,24,27)(H,25,28)(H,26,29). The molecular weight excluding hydrogens is 373 g/mol. The largest absolute Gasteiger partial charge is 0.350 e. The van der Waals surface area contributed by atoms with Gasteiger partial charge < -0.3 is 16.0 Å². The molecule has 0 atom stereocenters. The molecule has 3 N–H and O–H groups in total. The first-order valence-electron chi connectivity index (χ1n) is 9.32. The summed E-state index contributed by atoms with van der Waals surface area (Å²) in [5.41, 5.74) is 1.07. The first-order chi connectivity index (χ1) is 13.6. The van der Waals surface area contributed by atoms with Gasteiger partial charge in [-0.15, -0.1) is 0 Å². The minimum atomic E-state index is -0.545. The van der Waals surface area contributed by atoms with Crippen molar-refractivity contribution in [2.75, 3.05) is 18.4 Å². The van der Waals surface area contributed by atoms with Crippen molar-refractivity contribution in [3.63, 3.8) is 0 Å². The molecule has 154 valence electrons. The Bertz CT molecular complexity index is 920. The van der Waals surface area contributed by atoms with Crippen molar-refractivity contribution in [1.82, 2.24) is 10.6 Å². The highest BCUT2D eigenvalue weighted by Crippen LogP contribution is 2.18. The molecule has 0 saturated carbocycles. The van der Waals surface area contributed by atoms with Crippen LogP contribution in [0.3, 0.4) is 0 Å². The second-order valence-electron chi connectivity index (χ2n) is 7.76. The van der Waals surface area contributed by atoms with Gasteiger partial charge in [-0.2, -0.15) is 0 Å². The molecule has 0 aliphatic rings. The van der Waals surface area contributed by atoms with Crippen LogP contribution in [0.5, 0.6) is 0 Å².